The van der Waals surface area contributed by atoms with Crippen LogP contribution < -0.4 is 4.90 Å². The van der Waals surface area contributed by atoms with E-state index in [1.807, 2.05) is 12.1 Å². The molecule has 0 bridgehead atoms. The van der Waals surface area contributed by atoms with Gasteiger partial charge in [0.1, 0.15) is 0 Å². The fourth-order valence-corrected chi connectivity index (χ4v) is 2.85. The van der Waals surface area contributed by atoms with Crippen LogP contribution in [0.25, 0.3) is 0 Å². The lowest BCUT2D eigenvalue weighted by Crippen LogP contribution is -2.51. The molecule has 20 heavy (non-hydrogen) atoms. The van der Waals surface area contributed by atoms with Crippen molar-refractivity contribution in [1.29, 1.82) is 5.26 Å². The van der Waals surface area contributed by atoms with Crippen LogP contribution in [0.1, 0.15) is 37.5 Å². The summed E-state index contributed by atoms with van der Waals surface area (Å²) in [5, 5.41) is 19.0. The molecular formula is C16H23N3O. The van der Waals surface area contributed by atoms with Crippen molar-refractivity contribution in [2.45, 2.75) is 32.4 Å². The molecule has 0 aliphatic carbocycles. The van der Waals surface area contributed by atoms with Gasteiger partial charge in [-0.15, -0.1) is 0 Å². The van der Waals surface area contributed by atoms with Gasteiger partial charge in [0, 0.05) is 36.9 Å². The minimum absolute atomic E-state index is 0.516. The minimum Gasteiger partial charge on any atom is -0.389 e. The summed E-state index contributed by atoms with van der Waals surface area (Å²) < 4.78 is 0. The molecule has 0 aromatic heterocycles. The third-order valence-corrected chi connectivity index (χ3v) is 4.20. The van der Waals surface area contributed by atoms with Gasteiger partial charge < -0.3 is 10.0 Å². The van der Waals surface area contributed by atoms with E-state index in [2.05, 4.69) is 29.8 Å². The fraction of sp³-hybridized carbons (Fsp3) is 0.562. The number of rotatable bonds is 3. The molecule has 1 unspecified atom stereocenters. The van der Waals surface area contributed by atoms with Crippen molar-refractivity contribution >= 4 is 5.69 Å². The Kier molecular flexibility index (Phi) is 4.64. The number of nitriles is 1. The van der Waals surface area contributed by atoms with E-state index in [9.17, 15) is 5.11 Å². The summed E-state index contributed by atoms with van der Waals surface area (Å²) in [7, 11) is 2.16. The summed E-state index contributed by atoms with van der Waals surface area (Å²) in [6, 6.07) is 8.26. The predicted octanol–water partition coefficient (Wildman–Crippen LogP) is 2.14. The van der Waals surface area contributed by atoms with Gasteiger partial charge in [-0.2, -0.15) is 5.26 Å². The zero-order valence-corrected chi connectivity index (χ0v) is 12.5. The van der Waals surface area contributed by atoms with E-state index in [0.29, 0.717) is 11.6 Å². The van der Waals surface area contributed by atoms with E-state index in [-0.39, 0.29) is 0 Å². The summed E-state index contributed by atoms with van der Waals surface area (Å²) in [4.78, 5) is 4.68. The van der Waals surface area contributed by atoms with Crippen molar-refractivity contribution < 1.29 is 5.11 Å². The van der Waals surface area contributed by atoms with Gasteiger partial charge in [0.15, 0.2) is 0 Å². The van der Waals surface area contributed by atoms with Crippen LogP contribution in [-0.4, -0.2) is 42.7 Å². The first-order chi connectivity index (χ1) is 9.56. The van der Waals surface area contributed by atoms with Crippen molar-refractivity contribution in [2.24, 2.45) is 0 Å². The Hall–Kier alpha value is -1.57. The molecule has 1 saturated heterocycles. The largest absolute Gasteiger partial charge is 0.389 e. The number of aliphatic hydroxyl groups excluding tert-OH is 1. The number of hydrogen-bond acceptors (Lipinski definition) is 4. The number of piperazine rings is 1. The van der Waals surface area contributed by atoms with Gasteiger partial charge in [-0.3, -0.25) is 4.90 Å². The SMILES string of the molecule is CCC1CN(c2cc(C#N)ccc2[C@@H](C)O)CCN1C. The predicted molar refractivity (Wildman–Crippen MR) is 80.7 cm³/mol. The van der Waals surface area contributed by atoms with Crippen LogP contribution in [0.3, 0.4) is 0 Å². The van der Waals surface area contributed by atoms with E-state index in [1.165, 1.54) is 0 Å². The van der Waals surface area contributed by atoms with Crippen LogP contribution in [-0.2, 0) is 0 Å². The highest BCUT2D eigenvalue weighted by atomic mass is 16.3. The lowest BCUT2D eigenvalue weighted by atomic mass is 10.0. The Morgan fingerprint density at radius 1 is 1.45 bits per heavy atom. The van der Waals surface area contributed by atoms with E-state index < -0.39 is 6.10 Å². The molecule has 0 saturated carbocycles. The second-order valence-electron chi connectivity index (χ2n) is 5.55. The Labute approximate surface area is 121 Å². The zero-order chi connectivity index (χ0) is 14.7. The van der Waals surface area contributed by atoms with Crippen molar-refractivity contribution in [2.75, 3.05) is 31.6 Å². The van der Waals surface area contributed by atoms with Crippen LogP contribution in [0.2, 0.25) is 0 Å². The lowest BCUT2D eigenvalue weighted by Gasteiger charge is -2.41. The van der Waals surface area contributed by atoms with Crippen LogP contribution in [0.4, 0.5) is 5.69 Å². The van der Waals surface area contributed by atoms with E-state index in [0.717, 1.165) is 37.3 Å². The van der Waals surface area contributed by atoms with E-state index >= 15 is 0 Å². The van der Waals surface area contributed by atoms with Crippen molar-refractivity contribution in [3.63, 3.8) is 0 Å². The molecular weight excluding hydrogens is 250 g/mol. The molecule has 1 heterocycles. The van der Waals surface area contributed by atoms with Crippen LogP contribution >= 0.6 is 0 Å². The number of aliphatic hydroxyl groups is 1. The molecule has 0 radical (unpaired) electrons. The molecule has 1 aromatic rings. The molecule has 2 atom stereocenters. The first kappa shape index (κ1) is 14.8. The lowest BCUT2D eigenvalue weighted by molar-refractivity contribution is 0.196. The van der Waals surface area contributed by atoms with Gasteiger partial charge in [-0.05, 0) is 32.5 Å². The first-order valence-electron chi connectivity index (χ1n) is 7.24. The summed E-state index contributed by atoms with van der Waals surface area (Å²) in [6.07, 6.45) is 0.590. The number of hydrogen-bond donors (Lipinski definition) is 1. The number of anilines is 1. The molecule has 4 nitrogen and oxygen atoms in total. The average molecular weight is 273 g/mol. The minimum atomic E-state index is -0.516. The Balaban J connectivity index is 2.33. The van der Waals surface area contributed by atoms with Gasteiger partial charge in [0.25, 0.3) is 0 Å². The number of benzene rings is 1. The zero-order valence-electron chi connectivity index (χ0n) is 12.5. The monoisotopic (exact) mass is 273 g/mol. The fourth-order valence-electron chi connectivity index (χ4n) is 2.85. The second-order valence-corrected chi connectivity index (χ2v) is 5.55. The topological polar surface area (TPSA) is 50.5 Å². The van der Waals surface area contributed by atoms with E-state index in [4.69, 9.17) is 5.26 Å². The average Bonchev–Trinajstić information content (AvgIpc) is 2.47. The summed E-state index contributed by atoms with van der Waals surface area (Å²) in [5.74, 6) is 0. The van der Waals surface area contributed by atoms with Crippen molar-refractivity contribution in [3.05, 3.63) is 29.3 Å². The van der Waals surface area contributed by atoms with Gasteiger partial charge in [0.2, 0.25) is 0 Å². The Bertz CT molecular complexity index is 507. The highest BCUT2D eigenvalue weighted by molar-refractivity contribution is 5.59. The maximum absolute atomic E-state index is 9.95. The normalized spacial score (nSPS) is 21.6. The number of likely N-dealkylation sites (N-methyl/N-ethyl adjacent to an activating group) is 1. The highest BCUT2D eigenvalue weighted by Gasteiger charge is 2.25. The molecule has 1 N–H and O–H groups in total. The first-order valence-corrected chi connectivity index (χ1v) is 7.24. The van der Waals surface area contributed by atoms with E-state index in [1.54, 1.807) is 13.0 Å². The van der Waals surface area contributed by atoms with Crippen molar-refractivity contribution in [3.8, 4) is 6.07 Å². The maximum atomic E-state index is 9.95. The standard InChI is InChI=1S/C16H23N3O/c1-4-14-11-19(8-7-18(14)3)16-9-13(10-17)5-6-15(16)12(2)20/h5-6,9,12,14,20H,4,7-8,11H2,1-3H3/t12-,14?/m1/s1. The summed E-state index contributed by atoms with van der Waals surface area (Å²) in [5.41, 5.74) is 2.56. The van der Waals surface area contributed by atoms with Crippen LogP contribution in [0, 0.1) is 11.3 Å². The molecule has 4 heteroatoms. The summed E-state index contributed by atoms with van der Waals surface area (Å²) in [6.45, 7) is 6.86. The molecule has 0 amide bonds. The Morgan fingerprint density at radius 2 is 2.20 bits per heavy atom. The van der Waals surface area contributed by atoms with Crippen LogP contribution in [0.5, 0.6) is 0 Å². The van der Waals surface area contributed by atoms with Gasteiger partial charge in [-0.25, -0.2) is 0 Å². The second kappa shape index (κ2) is 6.25. The van der Waals surface area contributed by atoms with Crippen molar-refractivity contribution in [1.82, 2.24) is 4.90 Å². The molecule has 1 aliphatic heterocycles. The molecule has 2 rings (SSSR count). The molecule has 0 spiro atoms. The molecule has 108 valence electrons. The smallest absolute Gasteiger partial charge is 0.0992 e. The highest BCUT2D eigenvalue weighted by Crippen LogP contribution is 2.29. The van der Waals surface area contributed by atoms with Gasteiger partial charge in [-0.1, -0.05) is 13.0 Å². The third kappa shape index (κ3) is 2.95. The third-order valence-electron chi connectivity index (χ3n) is 4.20. The maximum Gasteiger partial charge on any atom is 0.0992 e. The molecule has 1 aliphatic rings. The summed E-state index contributed by atoms with van der Waals surface area (Å²) >= 11 is 0. The quantitative estimate of drug-likeness (QED) is 0.916. The van der Waals surface area contributed by atoms with Crippen LogP contribution in [0.15, 0.2) is 18.2 Å². The van der Waals surface area contributed by atoms with Gasteiger partial charge in [0.05, 0.1) is 17.7 Å². The molecule has 1 fully saturated rings. The molecule has 1 aromatic carbocycles. The number of nitrogens with zero attached hydrogens (tertiary/aromatic N) is 3. The van der Waals surface area contributed by atoms with Gasteiger partial charge >= 0.3 is 0 Å². The Morgan fingerprint density at radius 3 is 2.80 bits per heavy atom.